The van der Waals surface area contributed by atoms with E-state index < -0.39 is 10.0 Å². The highest BCUT2D eigenvalue weighted by Crippen LogP contribution is 2.23. The van der Waals surface area contributed by atoms with E-state index in [2.05, 4.69) is 4.90 Å². The Kier molecular flexibility index (Phi) is 3.61. The molecule has 0 saturated carbocycles. The molecule has 6 heteroatoms. The number of rotatable bonds is 3. The summed E-state index contributed by atoms with van der Waals surface area (Å²) in [7, 11) is -0.335. The van der Waals surface area contributed by atoms with Gasteiger partial charge in [-0.3, -0.25) is 0 Å². The van der Waals surface area contributed by atoms with Gasteiger partial charge in [-0.05, 0) is 30.7 Å². The minimum atomic E-state index is -3.36. The Bertz CT molecular complexity index is 511. The van der Waals surface area contributed by atoms with E-state index in [1.165, 1.54) is 18.4 Å². The number of aliphatic hydroxyl groups excluding tert-OH is 1. The second-order valence-electron chi connectivity index (χ2n) is 4.67. The first-order chi connectivity index (χ1) is 8.41. The number of hydrogen-bond acceptors (Lipinski definition) is 4. The second kappa shape index (κ2) is 4.87. The van der Waals surface area contributed by atoms with E-state index in [4.69, 9.17) is 0 Å². The van der Waals surface area contributed by atoms with Crippen molar-refractivity contribution in [2.24, 2.45) is 0 Å². The van der Waals surface area contributed by atoms with E-state index in [1.807, 2.05) is 0 Å². The third-order valence-electron chi connectivity index (χ3n) is 3.14. The molecule has 0 aliphatic carbocycles. The lowest BCUT2D eigenvalue weighted by molar-refractivity contribution is 0.198. The van der Waals surface area contributed by atoms with Crippen LogP contribution in [0.4, 0.5) is 5.69 Å². The molecule has 0 radical (unpaired) electrons. The smallest absolute Gasteiger partial charge is 0.242 e. The van der Waals surface area contributed by atoms with Crippen LogP contribution in [0, 0.1) is 0 Å². The first kappa shape index (κ1) is 13.3. The molecule has 100 valence electrons. The van der Waals surface area contributed by atoms with Gasteiger partial charge in [0.2, 0.25) is 10.0 Å². The highest BCUT2D eigenvalue weighted by molar-refractivity contribution is 7.89. The molecule has 1 aliphatic rings. The van der Waals surface area contributed by atoms with Crippen molar-refractivity contribution < 1.29 is 13.5 Å². The molecule has 1 saturated heterocycles. The van der Waals surface area contributed by atoms with E-state index in [1.54, 1.807) is 24.3 Å². The van der Waals surface area contributed by atoms with Crippen LogP contribution in [-0.4, -0.2) is 51.1 Å². The molecule has 1 heterocycles. The summed E-state index contributed by atoms with van der Waals surface area (Å²) in [6.45, 7) is 1.42. The maximum atomic E-state index is 11.9. The second-order valence-corrected chi connectivity index (χ2v) is 6.82. The van der Waals surface area contributed by atoms with Crippen molar-refractivity contribution in [1.29, 1.82) is 0 Å². The fraction of sp³-hybridized carbons (Fsp3) is 0.500. The van der Waals surface area contributed by atoms with Crippen molar-refractivity contribution in [1.82, 2.24) is 4.31 Å². The molecular formula is C12H18N2O3S. The number of β-amino-alcohol motifs (C(OH)–C–C–N with tert-alkyl or cyclic N) is 1. The zero-order valence-electron chi connectivity index (χ0n) is 10.6. The summed E-state index contributed by atoms with van der Waals surface area (Å²) in [4.78, 5) is 2.34. The van der Waals surface area contributed by atoms with Gasteiger partial charge in [0.1, 0.15) is 0 Å². The topological polar surface area (TPSA) is 60.9 Å². The van der Waals surface area contributed by atoms with Crippen molar-refractivity contribution in [2.75, 3.05) is 32.1 Å². The van der Waals surface area contributed by atoms with Crippen LogP contribution >= 0.6 is 0 Å². The molecule has 2 rings (SSSR count). The van der Waals surface area contributed by atoms with Crippen LogP contribution in [0.2, 0.25) is 0 Å². The van der Waals surface area contributed by atoms with Gasteiger partial charge in [-0.2, -0.15) is 0 Å². The van der Waals surface area contributed by atoms with Crippen molar-refractivity contribution in [3.63, 3.8) is 0 Å². The number of benzene rings is 1. The van der Waals surface area contributed by atoms with Crippen LogP contribution in [0.1, 0.15) is 6.42 Å². The first-order valence-corrected chi connectivity index (χ1v) is 7.31. The lowest BCUT2D eigenvalue weighted by Gasteiger charge is -2.18. The largest absolute Gasteiger partial charge is 0.391 e. The fourth-order valence-electron chi connectivity index (χ4n) is 2.02. The van der Waals surface area contributed by atoms with E-state index >= 15 is 0 Å². The summed E-state index contributed by atoms with van der Waals surface area (Å²) in [5, 5.41) is 9.47. The van der Waals surface area contributed by atoms with Crippen LogP contribution in [0.5, 0.6) is 0 Å². The van der Waals surface area contributed by atoms with E-state index in [0.717, 1.165) is 18.7 Å². The van der Waals surface area contributed by atoms with Gasteiger partial charge in [-0.15, -0.1) is 0 Å². The number of hydrogen-bond donors (Lipinski definition) is 1. The van der Waals surface area contributed by atoms with E-state index in [9.17, 15) is 13.5 Å². The Morgan fingerprint density at radius 2 is 1.89 bits per heavy atom. The number of sulfonamides is 1. The van der Waals surface area contributed by atoms with Crippen LogP contribution in [0.15, 0.2) is 29.2 Å². The molecule has 18 heavy (non-hydrogen) atoms. The van der Waals surface area contributed by atoms with Gasteiger partial charge in [0.25, 0.3) is 0 Å². The van der Waals surface area contributed by atoms with Crippen molar-refractivity contribution in [3.05, 3.63) is 24.3 Å². The molecule has 0 amide bonds. The Hall–Kier alpha value is -1.11. The minimum Gasteiger partial charge on any atom is -0.391 e. The molecule has 0 bridgehead atoms. The fourth-order valence-corrected chi connectivity index (χ4v) is 2.92. The third-order valence-corrected chi connectivity index (χ3v) is 4.97. The number of anilines is 1. The predicted molar refractivity (Wildman–Crippen MR) is 70.2 cm³/mol. The molecule has 1 aromatic carbocycles. The highest BCUT2D eigenvalue weighted by Gasteiger charge is 2.21. The van der Waals surface area contributed by atoms with Crippen LogP contribution in [0.3, 0.4) is 0 Å². The summed E-state index contributed by atoms with van der Waals surface area (Å²) in [5.41, 5.74) is 0.948. The lowest BCUT2D eigenvalue weighted by Crippen LogP contribution is -2.23. The predicted octanol–water partition coefficient (Wildman–Crippen LogP) is 0.508. The van der Waals surface area contributed by atoms with Gasteiger partial charge in [-0.1, -0.05) is 0 Å². The normalized spacial score (nSPS) is 20.7. The van der Waals surface area contributed by atoms with Crippen molar-refractivity contribution >= 4 is 15.7 Å². The molecular weight excluding hydrogens is 252 g/mol. The van der Waals surface area contributed by atoms with Crippen LogP contribution < -0.4 is 4.90 Å². The Morgan fingerprint density at radius 1 is 1.28 bits per heavy atom. The molecule has 1 N–H and O–H groups in total. The van der Waals surface area contributed by atoms with Gasteiger partial charge < -0.3 is 10.0 Å². The van der Waals surface area contributed by atoms with Gasteiger partial charge in [0, 0.05) is 32.9 Å². The molecule has 0 unspecified atom stereocenters. The minimum absolute atomic E-state index is 0.282. The van der Waals surface area contributed by atoms with Gasteiger partial charge in [-0.25, -0.2) is 12.7 Å². The molecule has 1 fully saturated rings. The summed E-state index contributed by atoms with van der Waals surface area (Å²) in [6.07, 6.45) is 0.479. The Labute approximate surface area is 108 Å². The molecule has 5 nitrogen and oxygen atoms in total. The molecule has 1 aliphatic heterocycles. The summed E-state index contributed by atoms with van der Waals surface area (Å²) < 4.78 is 25.0. The number of nitrogens with zero attached hydrogens (tertiary/aromatic N) is 2. The van der Waals surface area contributed by atoms with Crippen LogP contribution in [0.25, 0.3) is 0 Å². The van der Waals surface area contributed by atoms with Gasteiger partial charge in [0.05, 0.1) is 11.0 Å². The van der Waals surface area contributed by atoms with Crippen molar-refractivity contribution in [3.8, 4) is 0 Å². The zero-order chi connectivity index (χ0) is 13.3. The number of aliphatic hydroxyl groups is 1. The molecule has 0 aromatic heterocycles. The van der Waals surface area contributed by atoms with Crippen molar-refractivity contribution in [2.45, 2.75) is 17.4 Å². The lowest BCUT2D eigenvalue weighted by atomic mass is 10.3. The SMILES string of the molecule is CN(C)S(=O)(=O)c1ccc(N2CC[C@@H](O)C2)cc1. The standard InChI is InChI=1S/C12H18N2O3S/c1-13(2)18(16,17)12-5-3-10(4-6-12)14-8-7-11(15)9-14/h3-6,11,15H,7-9H2,1-2H3/t11-/m1/s1. The average Bonchev–Trinajstić information content (AvgIpc) is 2.76. The Morgan fingerprint density at radius 3 is 2.33 bits per heavy atom. The zero-order valence-corrected chi connectivity index (χ0v) is 11.4. The van der Waals surface area contributed by atoms with E-state index in [-0.39, 0.29) is 11.0 Å². The molecule has 0 spiro atoms. The maximum absolute atomic E-state index is 11.9. The monoisotopic (exact) mass is 270 g/mol. The quantitative estimate of drug-likeness (QED) is 0.869. The van der Waals surface area contributed by atoms with E-state index in [0.29, 0.717) is 6.54 Å². The van der Waals surface area contributed by atoms with Gasteiger partial charge >= 0.3 is 0 Å². The summed E-state index contributed by atoms with van der Waals surface area (Å²) in [6, 6.07) is 6.79. The summed E-state index contributed by atoms with van der Waals surface area (Å²) >= 11 is 0. The highest BCUT2D eigenvalue weighted by atomic mass is 32.2. The van der Waals surface area contributed by atoms with Gasteiger partial charge in [0.15, 0.2) is 0 Å². The maximum Gasteiger partial charge on any atom is 0.242 e. The molecule has 1 aromatic rings. The summed E-state index contributed by atoms with van der Waals surface area (Å²) in [5.74, 6) is 0. The first-order valence-electron chi connectivity index (χ1n) is 5.87. The van der Waals surface area contributed by atoms with Crippen LogP contribution in [-0.2, 0) is 10.0 Å². The Balaban J connectivity index is 2.21. The third kappa shape index (κ3) is 2.50. The average molecular weight is 270 g/mol. The molecule has 1 atom stereocenters.